The van der Waals surface area contributed by atoms with Gasteiger partial charge in [-0.2, -0.15) is 0 Å². The highest BCUT2D eigenvalue weighted by Crippen LogP contribution is 2.33. The van der Waals surface area contributed by atoms with Crippen molar-refractivity contribution in [1.82, 2.24) is 5.32 Å². The molecule has 0 fully saturated rings. The fraction of sp³-hybridized carbons (Fsp3) is 0.333. The summed E-state index contributed by atoms with van der Waals surface area (Å²) in [6, 6.07) is 14.3. The van der Waals surface area contributed by atoms with Gasteiger partial charge in [-0.1, -0.05) is 41.9 Å². The lowest BCUT2D eigenvalue weighted by atomic mass is 10.1. The predicted octanol–water partition coefficient (Wildman–Crippen LogP) is 4.60. The number of methoxy groups -OCH3 is 1. The fourth-order valence-corrected chi connectivity index (χ4v) is 2.48. The molecule has 0 heterocycles. The molecule has 118 valence electrons. The third kappa shape index (κ3) is 4.15. The normalized spacial score (nSPS) is 12.0. The summed E-state index contributed by atoms with van der Waals surface area (Å²) in [5, 5.41) is 4.16. The molecule has 22 heavy (non-hydrogen) atoms. The van der Waals surface area contributed by atoms with Gasteiger partial charge in [0.25, 0.3) is 0 Å². The van der Waals surface area contributed by atoms with Crippen LogP contribution in [-0.2, 0) is 6.54 Å². The molecule has 0 radical (unpaired) electrons. The molecular formula is C18H22ClNO2. The van der Waals surface area contributed by atoms with Gasteiger partial charge in [0.2, 0.25) is 0 Å². The summed E-state index contributed by atoms with van der Waals surface area (Å²) < 4.78 is 10.9. The van der Waals surface area contributed by atoms with Crippen molar-refractivity contribution in [2.75, 3.05) is 13.7 Å². The zero-order valence-corrected chi connectivity index (χ0v) is 14.0. The van der Waals surface area contributed by atoms with Crippen molar-refractivity contribution in [3.8, 4) is 11.5 Å². The second-order valence-corrected chi connectivity index (χ2v) is 5.45. The maximum atomic E-state index is 6.35. The second kappa shape index (κ2) is 8.06. The lowest BCUT2D eigenvalue weighted by molar-refractivity contribution is 0.310. The van der Waals surface area contributed by atoms with Gasteiger partial charge in [-0.3, -0.25) is 0 Å². The zero-order valence-electron chi connectivity index (χ0n) is 13.2. The minimum Gasteiger partial charge on any atom is -0.493 e. The van der Waals surface area contributed by atoms with Gasteiger partial charge in [-0.15, -0.1) is 0 Å². The SMILES string of the molecule is CCOc1cc(Cl)c(CNC(C)c2ccccc2)cc1OC. The molecule has 0 aliphatic carbocycles. The van der Waals surface area contributed by atoms with E-state index in [1.165, 1.54) is 5.56 Å². The molecule has 0 aliphatic heterocycles. The van der Waals surface area contributed by atoms with E-state index in [9.17, 15) is 0 Å². The summed E-state index contributed by atoms with van der Waals surface area (Å²) in [6.45, 7) is 5.31. The van der Waals surface area contributed by atoms with Crippen LogP contribution < -0.4 is 14.8 Å². The summed E-state index contributed by atoms with van der Waals surface area (Å²) >= 11 is 6.35. The van der Waals surface area contributed by atoms with Crippen LogP contribution in [0, 0.1) is 0 Å². The average Bonchev–Trinajstić information content (AvgIpc) is 2.55. The third-order valence-electron chi connectivity index (χ3n) is 3.53. The van der Waals surface area contributed by atoms with Crippen LogP contribution in [0.2, 0.25) is 5.02 Å². The number of halogens is 1. The molecule has 0 saturated heterocycles. The van der Waals surface area contributed by atoms with Crippen LogP contribution in [0.5, 0.6) is 11.5 Å². The lowest BCUT2D eigenvalue weighted by Crippen LogP contribution is -2.18. The Morgan fingerprint density at radius 2 is 1.86 bits per heavy atom. The largest absolute Gasteiger partial charge is 0.493 e. The quantitative estimate of drug-likeness (QED) is 0.809. The van der Waals surface area contributed by atoms with Crippen molar-refractivity contribution < 1.29 is 9.47 Å². The van der Waals surface area contributed by atoms with Crippen LogP contribution in [-0.4, -0.2) is 13.7 Å². The zero-order chi connectivity index (χ0) is 15.9. The van der Waals surface area contributed by atoms with Gasteiger partial charge in [0.1, 0.15) is 0 Å². The van der Waals surface area contributed by atoms with Gasteiger partial charge in [0.15, 0.2) is 11.5 Å². The number of benzene rings is 2. The first kappa shape index (κ1) is 16.7. The third-order valence-corrected chi connectivity index (χ3v) is 3.88. The smallest absolute Gasteiger partial charge is 0.162 e. The molecule has 4 heteroatoms. The van der Waals surface area contributed by atoms with E-state index in [1.54, 1.807) is 7.11 Å². The standard InChI is InChI=1S/C18H22ClNO2/c1-4-22-18-11-16(19)15(10-17(18)21-3)12-20-13(2)14-8-6-5-7-9-14/h5-11,13,20H,4,12H2,1-3H3. The van der Waals surface area contributed by atoms with Gasteiger partial charge in [0, 0.05) is 23.7 Å². The van der Waals surface area contributed by atoms with E-state index in [4.69, 9.17) is 21.1 Å². The number of nitrogens with one attached hydrogen (secondary N) is 1. The van der Waals surface area contributed by atoms with Crippen molar-refractivity contribution in [3.05, 3.63) is 58.6 Å². The van der Waals surface area contributed by atoms with Gasteiger partial charge < -0.3 is 14.8 Å². The molecule has 0 aromatic heterocycles. The predicted molar refractivity (Wildman–Crippen MR) is 90.9 cm³/mol. The first-order chi connectivity index (χ1) is 10.7. The van der Waals surface area contributed by atoms with E-state index in [2.05, 4.69) is 24.4 Å². The monoisotopic (exact) mass is 319 g/mol. The van der Waals surface area contributed by atoms with Crippen LogP contribution in [0.15, 0.2) is 42.5 Å². The summed E-state index contributed by atoms with van der Waals surface area (Å²) in [5.41, 5.74) is 2.24. The maximum absolute atomic E-state index is 6.35. The van der Waals surface area contributed by atoms with Gasteiger partial charge >= 0.3 is 0 Å². The van der Waals surface area contributed by atoms with Crippen molar-refractivity contribution in [2.24, 2.45) is 0 Å². The Morgan fingerprint density at radius 3 is 2.50 bits per heavy atom. The Bertz CT molecular complexity index is 602. The summed E-state index contributed by atoms with van der Waals surface area (Å²) in [4.78, 5) is 0. The highest BCUT2D eigenvalue weighted by Gasteiger charge is 2.11. The molecule has 0 saturated carbocycles. The Balaban J connectivity index is 2.09. The average molecular weight is 320 g/mol. The summed E-state index contributed by atoms with van der Waals surface area (Å²) in [6.07, 6.45) is 0. The van der Waals surface area contributed by atoms with Gasteiger partial charge in [0.05, 0.1) is 13.7 Å². The topological polar surface area (TPSA) is 30.5 Å². The van der Waals surface area contributed by atoms with E-state index in [-0.39, 0.29) is 6.04 Å². The van der Waals surface area contributed by atoms with E-state index in [1.807, 2.05) is 37.3 Å². The first-order valence-electron chi connectivity index (χ1n) is 7.43. The highest BCUT2D eigenvalue weighted by molar-refractivity contribution is 6.31. The van der Waals surface area contributed by atoms with Crippen molar-refractivity contribution in [3.63, 3.8) is 0 Å². The van der Waals surface area contributed by atoms with Gasteiger partial charge in [-0.05, 0) is 31.0 Å². The van der Waals surface area contributed by atoms with Gasteiger partial charge in [-0.25, -0.2) is 0 Å². The first-order valence-corrected chi connectivity index (χ1v) is 7.81. The van der Waals surface area contributed by atoms with Crippen LogP contribution in [0.3, 0.4) is 0 Å². The molecule has 2 rings (SSSR count). The molecule has 0 amide bonds. The Hall–Kier alpha value is -1.71. The maximum Gasteiger partial charge on any atom is 0.162 e. The van der Waals surface area contributed by atoms with Crippen molar-refractivity contribution in [2.45, 2.75) is 26.4 Å². The minimum absolute atomic E-state index is 0.245. The highest BCUT2D eigenvalue weighted by atomic mass is 35.5. The molecule has 0 aliphatic rings. The number of hydrogen-bond donors (Lipinski definition) is 1. The molecule has 3 nitrogen and oxygen atoms in total. The number of ether oxygens (including phenoxy) is 2. The molecule has 1 atom stereocenters. The fourth-order valence-electron chi connectivity index (χ4n) is 2.26. The molecule has 1 N–H and O–H groups in total. The molecule has 2 aromatic carbocycles. The van der Waals surface area contributed by atoms with Crippen LogP contribution in [0.1, 0.15) is 31.0 Å². The van der Waals surface area contributed by atoms with E-state index >= 15 is 0 Å². The minimum atomic E-state index is 0.245. The summed E-state index contributed by atoms with van der Waals surface area (Å²) in [5.74, 6) is 1.38. The Morgan fingerprint density at radius 1 is 1.14 bits per heavy atom. The van der Waals surface area contributed by atoms with Crippen LogP contribution >= 0.6 is 11.6 Å². The molecule has 1 unspecified atom stereocenters. The van der Waals surface area contributed by atoms with Crippen molar-refractivity contribution >= 4 is 11.6 Å². The van der Waals surface area contributed by atoms with E-state index in [0.29, 0.717) is 29.7 Å². The van der Waals surface area contributed by atoms with E-state index < -0.39 is 0 Å². The molecular weight excluding hydrogens is 298 g/mol. The summed E-state index contributed by atoms with van der Waals surface area (Å²) in [7, 11) is 1.63. The lowest BCUT2D eigenvalue weighted by Gasteiger charge is -2.17. The molecule has 0 bridgehead atoms. The Labute approximate surface area is 137 Å². The number of hydrogen-bond acceptors (Lipinski definition) is 3. The molecule has 2 aromatic rings. The number of rotatable bonds is 7. The molecule has 0 spiro atoms. The van der Waals surface area contributed by atoms with Crippen LogP contribution in [0.4, 0.5) is 0 Å². The van der Waals surface area contributed by atoms with Crippen molar-refractivity contribution in [1.29, 1.82) is 0 Å². The second-order valence-electron chi connectivity index (χ2n) is 5.04. The van der Waals surface area contributed by atoms with E-state index in [0.717, 1.165) is 5.56 Å². The van der Waals surface area contributed by atoms with Crippen LogP contribution in [0.25, 0.3) is 0 Å². The Kier molecular flexibility index (Phi) is 6.10.